The molecule has 0 aliphatic carbocycles. The Morgan fingerprint density at radius 2 is 1.85 bits per heavy atom. The van der Waals surface area contributed by atoms with Crippen molar-refractivity contribution >= 4 is 21.8 Å². The smallest absolute Gasteiger partial charge is 0.222 e. The number of rotatable bonds is 4. The molecule has 1 unspecified atom stereocenters. The summed E-state index contributed by atoms with van der Waals surface area (Å²) in [6.45, 7) is 6.09. The van der Waals surface area contributed by atoms with Crippen LogP contribution in [0, 0.1) is 5.92 Å². The third kappa shape index (κ3) is 3.63. The Morgan fingerprint density at radius 3 is 2.35 bits per heavy atom. The summed E-state index contributed by atoms with van der Waals surface area (Å²) in [5, 5.41) is 0. The van der Waals surface area contributed by atoms with Gasteiger partial charge in [0.1, 0.15) is 0 Å². The van der Waals surface area contributed by atoms with Gasteiger partial charge >= 0.3 is 0 Å². The van der Waals surface area contributed by atoms with Gasteiger partial charge in [-0.15, -0.1) is 0 Å². The van der Waals surface area contributed by atoms with E-state index >= 15 is 0 Å². The van der Waals surface area contributed by atoms with Gasteiger partial charge in [-0.25, -0.2) is 0 Å². The monoisotopic (exact) mass is 337 g/mol. The number of hydrogen-bond acceptors (Lipinski definition) is 1. The maximum absolute atomic E-state index is 11.7. The summed E-state index contributed by atoms with van der Waals surface area (Å²) in [4.78, 5) is 13.8. The summed E-state index contributed by atoms with van der Waals surface area (Å²) >= 11 is 3.50. The highest BCUT2D eigenvalue weighted by molar-refractivity contribution is 9.10. The van der Waals surface area contributed by atoms with E-state index in [-0.39, 0.29) is 0 Å². The molecule has 0 spiro atoms. The Labute approximate surface area is 130 Å². The van der Waals surface area contributed by atoms with Crippen LogP contribution in [0.1, 0.15) is 51.0 Å². The highest BCUT2D eigenvalue weighted by atomic mass is 79.9. The first kappa shape index (κ1) is 15.6. The third-order valence-electron chi connectivity index (χ3n) is 4.50. The molecule has 0 radical (unpaired) electrons. The first-order valence-electron chi connectivity index (χ1n) is 7.69. The summed E-state index contributed by atoms with van der Waals surface area (Å²) in [7, 11) is 0. The molecule has 0 saturated carbocycles. The summed E-state index contributed by atoms with van der Waals surface area (Å²) in [5.41, 5.74) is 1.44. The van der Waals surface area contributed by atoms with E-state index in [1.807, 2.05) is 11.8 Å². The van der Waals surface area contributed by atoms with Gasteiger partial charge in [0.15, 0.2) is 0 Å². The fourth-order valence-corrected chi connectivity index (χ4v) is 3.59. The molecule has 1 aromatic carbocycles. The Balaban J connectivity index is 2.00. The minimum Gasteiger partial charge on any atom is -0.343 e. The second-order valence-electron chi connectivity index (χ2n) is 5.64. The van der Waals surface area contributed by atoms with E-state index in [2.05, 4.69) is 47.1 Å². The molecule has 1 aliphatic heterocycles. The number of nitrogens with zero attached hydrogens (tertiary/aromatic N) is 1. The highest BCUT2D eigenvalue weighted by Crippen LogP contribution is 2.35. The minimum atomic E-state index is 0.306. The zero-order chi connectivity index (χ0) is 14.5. The second kappa shape index (κ2) is 7.26. The lowest BCUT2D eigenvalue weighted by atomic mass is 9.78. The van der Waals surface area contributed by atoms with Crippen LogP contribution in [0.3, 0.4) is 0 Å². The number of hydrogen-bond donors (Lipinski definition) is 0. The van der Waals surface area contributed by atoms with Gasteiger partial charge in [-0.3, -0.25) is 4.79 Å². The summed E-state index contributed by atoms with van der Waals surface area (Å²) in [5.74, 6) is 1.64. The lowest BCUT2D eigenvalue weighted by Gasteiger charge is -2.36. The normalized spacial score (nSPS) is 18.1. The van der Waals surface area contributed by atoms with Gasteiger partial charge in [-0.2, -0.15) is 0 Å². The number of carbonyl (C=O) groups excluding carboxylic acids is 1. The number of benzene rings is 1. The van der Waals surface area contributed by atoms with E-state index in [0.717, 1.165) is 30.4 Å². The van der Waals surface area contributed by atoms with Gasteiger partial charge in [-0.05, 0) is 48.8 Å². The van der Waals surface area contributed by atoms with Crippen molar-refractivity contribution in [2.45, 2.75) is 45.4 Å². The summed E-state index contributed by atoms with van der Waals surface area (Å²) < 4.78 is 1.14. The maximum atomic E-state index is 11.7. The first-order valence-corrected chi connectivity index (χ1v) is 8.48. The number of carbonyl (C=O) groups is 1. The van der Waals surface area contributed by atoms with Crippen LogP contribution in [0.4, 0.5) is 0 Å². The SMILES string of the molecule is CCC(=O)N1CCC(C(CC)c2ccc(Br)cc2)CC1. The zero-order valence-corrected chi connectivity index (χ0v) is 14.0. The van der Waals surface area contributed by atoms with Gasteiger partial charge < -0.3 is 4.90 Å². The zero-order valence-electron chi connectivity index (χ0n) is 12.4. The molecule has 1 atom stereocenters. The van der Waals surface area contributed by atoms with Crippen molar-refractivity contribution in [3.63, 3.8) is 0 Å². The molecule has 1 aliphatic rings. The molecule has 0 N–H and O–H groups in total. The summed E-state index contributed by atoms with van der Waals surface area (Å²) in [6, 6.07) is 8.74. The number of likely N-dealkylation sites (tertiary alicyclic amines) is 1. The molecule has 1 saturated heterocycles. The fraction of sp³-hybridized carbons (Fsp3) is 0.588. The van der Waals surface area contributed by atoms with Crippen molar-refractivity contribution in [1.82, 2.24) is 4.90 Å². The molecule has 1 aromatic rings. The molecule has 1 amide bonds. The van der Waals surface area contributed by atoms with E-state index in [1.165, 1.54) is 12.0 Å². The Bertz CT molecular complexity index is 435. The van der Waals surface area contributed by atoms with E-state index in [4.69, 9.17) is 0 Å². The van der Waals surface area contributed by atoms with Crippen molar-refractivity contribution in [1.29, 1.82) is 0 Å². The van der Waals surface area contributed by atoms with Crippen LogP contribution < -0.4 is 0 Å². The molecule has 2 nitrogen and oxygen atoms in total. The molecule has 0 aromatic heterocycles. The Morgan fingerprint density at radius 1 is 1.25 bits per heavy atom. The maximum Gasteiger partial charge on any atom is 0.222 e. The lowest BCUT2D eigenvalue weighted by Crippen LogP contribution is -2.39. The Kier molecular flexibility index (Phi) is 5.64. The van der Waals surface area contributed by atoms with E-state index in [1.54, 1.807) is 0 Å². The van der Waals surface area contributed by atoms with Crippen LogP contribution in [-0.4, -0.2) is 23.9 Å². The van der Waals surface area contributed by atoms with Crippen molar-refractivity contribution in [3.05, 3.63) is 34.3 Å². The fourth-order valence-electron chi connectivity index (χ4n) is 3.33. The quantitative estimate of drug-likeness (QED) is 0.786. The summed E-state index contributed by atoms with van der Waals surface area (Å²) in [6.07, 6.45) is 4.09. The van der Waals surface area contributed by atoms with Gasteiger partial charge in [0, 0.05) is 24.0 Å². The molecule has 0 bridgehead atoms. The number of piperidine rings is 1. The van der Waals surface area contributed by atoms with Crippen molar-refractivity contribution < 1.29 is 4.79 Å². The second-order valence-corrected chi connectivity index (χ2v) is 6.55. The molecule has 1 heterocycles. The van der Waals surface area contributed by atoms with E-state index in [0.29, 0.717) is 24.2 Å². The van der Waals surface area contributed by atoms with Crippen molar-refractivity contribution in [2.24, 2.45) is 5.92 Å². The largest absolute Gasteiger partial charge is 0.343 e. The van der Waals surface area contributed by atoms with Gasteiger partial charge in [0.2, 0.25) is 5.91 Å². The standard InChI is InChI=1S/C17H24BrNO/c1-3-16(13-5-7-15(18)8-6-13)14-9-11-19(12-10-14)17(20)4-2/h5-8,14,16H,3-4,9-12H2,1-2H3. The third-order valence-corrected chi connectivity index (χ3v) is 5.03. The van der Waals surface area contributed by atoms with Crippen LogP contribution in [0.15, 0.2) is 28.7 Å². The van der Waals surface area contributed by atoms with Crippen LogP contribution in [0.2, 0.25) is 0 Å². The van der Waals surface area contributed by atoms with Crippen molar-refractivity contribution in [3.8, 4) is 0 Å². The molecule has 110 valence electrons. The minimum absolute atomic E-state index is 0.306. The topological polar surface area (TPSA) is 20.3 Å². The molecule has 20 heavy (non-hydrogen) atoms. The molecule has 1 fully saturated rings. The molecule has 3 heteroatoms. The molecule has 2 rings (SSSR count). The number of amides is 1. The van der Waals surface area contributed by atoms with Crippen LogP contribution >= 0.6 is 15.9 Å². The molecular formula is C17H24BrNO. The van der Waals surface area contributed by atoms with Crippen LogP contribution in [0.25, 0.3) is 0 Å². The van der Waals surface area contributed by atoms with Gasteiger partial charge in [-0.1, -0.05) is 41.9 Å². The average Bonchev–Trinajstić information content (AvgIpc) is 2.50. The van der Waals surface area contributed by atoms with E-state index < -0.39 is 0 Å². The highest BCUT2D eigenvalue weighted by Gasteiger charge is 2.27. The van der Waals surface area contributed by atoms with Gasteiger partial charge in [0.25, 0.3) is 0 Å². The predicted molar refractivity (Wildman–Crippen MR) is 86.8 cm³/mol. The van der Waals surface area contributed by atoms with Crippen molar-refractivity contribution in [2.75, 3.05) is 13.1 Å². The Hall–Kier alpha value is -0.830. The number of halogens is 1. The van der Waals surface area contributed by atoms with Gasteiger partial charge in [0.05, 0.1) is 0 Å². The predicted octanol–water partition coefficient (Wildman–Crippen LogP) is 4.59. The first-order chi connectivity index (χ1) is 9.65. The lowest BCUT2D eigenvalue weighted by molar-refractivity contribution is -0.132. The van der Waals surface area contributed by atoms with Crippen LogP contribution in [0.5, 0.6) is 0 Å². The average molecular weight is 338 g/mol. The van der Waals surface area contributed by atoms with E-state index in [9.17, 15) is 4.79 Å². The molecular weight excluding hydrogens is 314 g/mol. The van der Waals surface area contributed by atoms with Crippen LogP contribution in [-0.2, 0) is 4.79 Å².